The highest BCUT2D eigenvalue weighted by Gasteiger charge is 2.56. The Bertz CT molecular complexity index is 877. The number of carbonyl (C=O) groups is 2. The first-order valence-corrected chi connectivity index (χ1v) is 8.58. The third-order valence-corrected chi connectivity index (χ3v) is 5.55. The Morgan fingerprint density at radius 2 is 1.81 bits per heavy atom. The minimum Gasteiger partial charge on any atom is -0.500 e. The molecule has 4 aliphatic rings. The number of allylic oxidation sites excluding steroid dienone is 2. The third-order valence-electron chi connectivity index (χ3n) is 5.55. The van der Waals surface area contributed by atoms with E-state index in [9.17, 15) is 24.8 Å². The number of hydrogen-bond donors (Lipinski definition) is 1. The van der Waals surface area contributed by atoms with Crippen molar-refractivity contribution < 1.29 is 24.4 Å². The summed E-state index contributed by atoms with van der Waals surface area (Å²) in [4.78, 5) is 35.7. The number of benzene rings is 1. The van der Waals surface area contributed by atoms with Crippen LogP contribution in [0, 0.1) is 33.8 Å². The van der Waals surface area contributed by atoms with Gasteiger partial charge in [-0.3, -0.25) is 19.7 Å². The lowest BCUT2D eigenvalue weighted by molar-refractivity contribution is -0.386. The Labute approximate surface area is 154 Å². The number of nitrogens with zero attached hydrogens (tertiary/aromatic N) is 3. The van der Waals surface area contributed by atoms with E-state index in [1.807, 2.05) is 12.2 Å². The van der Waals surface area contributed by atoms with E-state index in [2.05, 4.69) is 5.10 Å². The Hall–Kier alpha value is -3.23. The molecule has 3 aliphatic carbocycles. The van der Waals surface area contributed by atoms with Crippen LogP contribution in [0.3, 0.4) is 0 Å². The molecule has 2 bridgehead atoms. The highest BCUT2D eigenvalue weighted by atomic mass is 16.6. The van der Waals surface area contributed by atoms with E-state index < -0.39 is 16.4 Å². The zero-order chi connectivity index (χ0) is 19.3. The van der Waals surface area contributed by atoms with E-state index in [1.165, 1.54) is 19.4 Å². The second kappa shape index (κ2) is 6.19. The maximum Gasteiger partial charge on any atom is 0.315 e. The number of nitro groups is 1. The summed E-state index contributed by atoms with van der Waals surface area (Å²) in [6.07, 6.45) is 7.00. The molecule has 0 spiro atoms. The zero-order valence-corrected chi connectivity index (χ0v) is 14.4. The first-order chi connectivity index (χ1) is 12.9. The third kappa shape index (κ3) is 2.57. The quantitative estimate of drug-likeness (QED) is 0.283. The normalized spacial score (nSPS) is 28.9. The van der Waals surface area contributed by atoms with Gasteiger partial charge in [-0.2, -0.15) is 10.1 Å². The van der Waals surface area contributed by atoms with Crippen LogP contribution in [0.5, 0.6) is 11.5 Å². The van der Waals surface area contributed by atoms with Crippen LogP contribution < -0.4 is 4.74 Å². The molecule has 4 atom stereocenters. The predicted molar refractivity (Wildman–Crippen MR) is 93.1 cm³/mol. The highest BCUT2D eigenvalue weighted by molar-refractivity contribution is 6.06. The van der Waals surface area contributed by atoms with Gasteiger partial charge in [-0.05, 0) is 30.7 Å². The second-order valence-corrected chi connectivity index (χ2v) is 6.92. The number of amides is 2. The maximum absolute atomic E-state index is 12.7. The fraction of sp³-hybridized carbons (Fsp3) is 0.389. The number of ether oxygens (including phenoxy) is 1. The zero-order valence-electron chi connectivity index (χ0n) is 14.4. The van der Waals surface area contributed by atoms with E-state index >= 15 is 0 Å². The molecule has 140 valence electrons. The molecule has 1 N–H and O–H groups in total. The standard InChI is InChI=1S/C18H17N3O6/c1-27-13-7-9(6-12(16(13)22)21(25)26)8-19-20-17(23)14-10-2-3-11(5-4-10)15(14)18(20)24/h2-3,6-8,10-11,14-15,22H,4-5H2,1H3/b19-8-/t10-,11-,14+,15+/m0/s1. The Morgan fingerprint density at radius 1 is 1.22 bits per heavy atom. The van der Waals surface area contributed by atoms with Gasteiger partial charge in [-0.15, -0.1) is 0 Å². The predicted octanol–water partition coefficient (Wildman–Crippen LogP) is 1.84. The smallest absolute Gasteiger partial charge is 0.315 e. The number of hydrogen-bond acceptors (Lipinski definition) is 7. The first kappa shape index (κ1) is 17.2. The summed E-state index contributed by atoms with van der Waals surface area (Å²) in [7, 11) is 1.26. The molecule has 2 fully saturated rings. The molecule has 5 rings (SSSR count). The number of carbonyl (C=O) groups excluding carboxylic acids is 2. The molecule has 2 amide bonds. The molecule has 1 heterocycles. The van der Waals surface area contributed by atoms with Crippen molar-refractivity contribution in [1.82, 2.24) is 5.01 Å². The monoisotopic (exact) mass is 371 g/mol. The molecule has 1 saturated heterocycles. The average Bonchev–Trinajstić information content (AvgIpc) is 2.94. The summed E-state index contributed by atoms with van der Waals surface area (Å²) in [5, 5.41) is 25.8. The molecular formula is C18H17N3O6. The van der Waals surface area contributed by atoms with Gasteiger partial charge < -0.3 is 9.84 Å². The molecule has 1 aromatic carbocycles. The molecule has 1 aromatic rings. The topological polar surface area (TPSA) is 122 Å². The largest absolute Gasteiger partial charge is 0.500 e. The van der Waals surface area contributed by atoms with Gasteiger partial charge >= 0.3 is 5.69 Å². The minimum atomic E-state index is -0.751. The van der Waals surface area contributed by atoms with Crippen molar-refractivity contribution in [2.45, 2.75) is 12.8 Å². The fourth-order valence-corrected chi connectivity index (χ4v) is 4.28. The van der Waals surface area contributed by atoms with E-state index in [1.54, 1.807) is 0 Å². The van der Waals surface area contributed by atoms with Crippen molar-refractivity contribution in [3.8, 4) is 11.5 Å². The number of hydrazone groups is 1. The minimum absolute atomic E-state index is 0.0616. The number of rotatable bonds is 4. The lowest BCUT2D eigenvalue weighted by Gasteiger charge is -2.37. The van der Waals surface area contributed by atoms with Crippen molar-refractivity contribution >= 4 is 23.7 Å². The summed E-state index contributed by atoms with van der Waals surface area (Å²) in [5.74, 6) is -1.98. The van der Waals surface area contributed by atoms with E-state index in [0.717, 1.165) is 23.9 Å². The summed E-state index contributed by atoms with van der Waals surface area (Å²) in [6, 6.07) is 2.44. The first-order valence-electron chi connectivity index (χ1n) is 8.58. The van der Waals surface area contributed by atoms with Gasteiger partial charge in [0.2, 0.25) is 5.75 Å². The lowest BCUT2D eigenvalue weighted by atomic mass is 9.63. The highest BCUT2D eigenvalue weighted by Crippen LogP contribution is 2.49. The SMILES string of the molecule is COc1cc(/C=N\N2C(=O)[C@H]3[C@H](C2=O)[C@H]2C=C[C@H]3CC2)cc([N+](=O)[O-])c1O. The van der Waals surface area contributed by atoms with Gasteiger partial charge in [-0.1, -0.05) is 12.2 Å². The second-order valence-electron chi connectivity index (χ2n) is 6.92. The summed E-state index contributed by atoms with van der Waals surface area (Å²) in [6.45, 7) is 0. The maximum atomic E-state index is 12.7. The van der Waals surface area contributed by atoms with Crippen LogP contribution in [0.15, 0.2) is 29.4 Å². The van der Waals surface area contributed by atoms with Crippen molar-refractivity contribution in [2.75, 3.05) is 7.11 Å². The van der Waals surface area contributed by atoms with Gasteiger partial charge in [0.05, 0.1) is 30.1 Å². The van der Waals surface area contributed by atoms with Crippen LogP contribution in [-0.2, 0) is 9.59 Å². The molecule has 0 aromatic heterocycles. The lowest BCUT2D eigenvalue weighted by Crippen LogP contribution is -2.38. The van der Waals surface area contributed by atoms with Gasteiger partial charge in [0.15, 0.2) is 5.75 Å². The molecule has 0 unspecified atom stereocenters. The van der Waals surface area contributed by atoms with Crippen LogP contribution >= 0.6 is 0 Å². The number of methoxy groups -OCH3 is 1. The molecule has 1 aliphatic heterocycles. The van der Waals surface area contributed by atoms with E-state index in [0.29, 0.717) is 0 Å². The fourth-order valence-electron chi connectivity index (χ4n) is 4.28. The van der Waals surface area contributed by atoms with Crippen molar-refractivity contribution in [1.29, 1.82) is 0 Å². The summed E-state index contributed by atoms with van der Waals surface area (Å²) < 4.78 is 4.93. The Kier molecular flexibility index (Phi) is 3.94. The Balaban J connectivity index is 1.64. The summed E-state index contributed by atoms with van der Waals surface area (Å²) in [5.41, 5.74) is -0.321. The number of phenolic OH excluding ortho intramolecular Hbond substituents is 1. The van der Waals surface area contributed by atoms with Crippen molar-refractivity contribution in [2.24, 2.45) is 28.8 Å². The van der Waals surface area contributed by atoms with Gasteiger partial charge in [0, 0.05) is 11.6 Å². The number of fused-ring (bicyclic) bond motifs is 1. The van der Waals surface area contributed by atoms with E-state index in [-0.39, 0.29) is 46.8 Å². The summed E-state index contributed by atoms with van der Waals surface area (Å²) >= 11 is 0. The molecule has 27 heavy (non-hydrogen) atoms. The van der Waals surface area contributed by atoms with Gasteiger partial charge in [-0.25, -0.2) is 0 Å². The molecular weight excluding hydrogens is 354 g/mol. The van der Waals surface area contributed by atoms with Crippen LogP contribution in [0.4, 0.5) is 5.69 Å². The molecule has 9 heteroatoms. The van der Waals surface area contributed by atoms with Crippen molar-refractivity contribution in [3.63, 3.8) is 0 Å². The average molecular weight is 371 g/mol. The molecule has 9 nitrogen and oxygen atoms in total. The van der Waals surface area contributed by atoms with Crippen LogP contribution in [0.1, 0.15) is 18.4 Å². The number of aromatic hydroxyl groups is 1. The molecule has 0 radical (unpaired) electrons. The number of nitro benzene ring substituents is 1. The number of imide groups is 1. The van der Waals surface area contributed by atoms with Crippen molar-refractivity contribution in [3.05, 3.63) is 40.0 Å². The van der Waals surface area contributed by atoms with Crippen LogP contribution in [0.25, 0.3) is 0 Å². The molecule has 1 saturated carbocycles. The van der Waals surface area contributed by atoms with Crippen LogP contribution in [-0.4, -0.2) is 40.2 Å². The van der Waals surface area contributed by atoms with Gasteiger partial charge in [0.25, 0.3) is 11.8 Å². The number of phenols is 1. The Morgan fingerprint density at radius 3 is 2.30 bits per heavy atom. The van der Waals surface area contributed by atoms with E-state index in [4.69, 9.17) is 4.74 Å². The van der Waals surface area contributed by atoms with Gasteiger partial charge in [0.1, 0.15) is 0 Å². The van der Waals surface area contributed by atoms with Crippen LogP contribution in [0.2, 0.25) is 0 Å².